The molecule has 0 bridgehead atoms. The molecule has 0 nitrogen and oxygen atoms in total. The van der Waals surface area contributed by atoms with E-state index in [1.807, 2.05) is 0 Å². The summed E-state index contributed by atoms with van der Waals surface area (Å²) >= 11 is 0. The van der Waals surface area contributed by atoms with Crippen molar-refractivity contribution >= 4 is 0 Å². The van der Waals surface area contributed by atoms with Crippen molar-refractivity contribution in [2.24, 2.45) is 0 Å². The zero-order chi connectivity index (χ0) is 8.70. The van der Waals surface area contributed by atoms with Crippen LogP contribution < -0.4 is 0 Å². The first-order valence-electron chi connectivity index (χ1n) is 3.54. The highest BCUT2D eigenvalue weighted by atomic mass is 19.3. The van der Waals surface area contributed by atoms with E-state index < -0.39 is 30.6 Å². The van der Waals surface area contributed by atoms with E-state index in [-0.39, 0.29) is 6.42 Å². The molecule has 4 heteroatoms. The summed E-state index contributed by atoms with van der Waals surface area (Å²) in [4.78, 5) is 0. The van der Waals surface area contributed by atoms with Gasteiger partial charge in [-0.1, -0.05) is 0 Å². The van der Waals surface area contributed by atoms with E-state index in [9.17, 15) is 17.6 Å². The molecule has 1 aliphatic rings. The maximum atomic E-state index is 12.9. The van der Waals surface area contributed by atoms with Gasteiger partial charge in [-0.3, -0.25) is 0 Å². The molecule has 66 valence electrons. The minimum atomic E-state index is -3.01. The third-order valence-corrected chi connectivity index (χ3v) is 2.11. The Hall–Kier alpha value is -0.280. The first-order chi connectivity index (χ1) is 4.83. The van der Waals surface area contributed by atoms with Crippen LogP contribution in [-0.4, -0.2) is 17.8 Å². The fraction of sp³-hybridized carbons (Fsp3) is 1.00. The van der Waals surface area contributed by atoms with Crippen LogP contribution in [-0.2, 0) is 0 Å². The lowest BCUT2D eigenvalue weighted by Crippen LogP contribution is -2.42. The van der Waals surface area contributed by atoms with Crippen molar-refractivity contribution in [2.75, 3.05) is 0 Å². The van der Waals surface area contributed by atoms with E-state index in [1.54, 1.807) is 0 Å². The fourth-order valence-electron chi connectivity index (χ4n) is 1.16. The predicted octanol–water partition coefficient (Wildman–Crippen LogP) is 2.87. The van der Waals surface area contributed by atoms with Crippen LogP contribution in [0.3, 0.4) is 0 Å². The first-order valence-corrected chi connectivity index (χ1v) is 3.54. The van der Waals surface area contributed by atoms with Gasteiger partial charge in [0.25, 0.3) is 5.92 Å². The van der Waals surface area contributed by atoms with Crippen molar-refractivity contribution in [2.45, 2.75) is 43.9 Å². The van der Waals surface area contributed by atoms with Gasteiger partial charge in [0.15, 0.2) is 0 Å². The van der Waals surface area contributed by atoms with E-state index in [0.717, 1.165) is 6.92 Å². The Morgan fingerprint density at radius 1 is 1.18 bits per heavy atom. The van der Waals surface area contributed by atoms with E-state index >= 15 is 0 Å². The van der Waals surface area contributed by atoms with E-state index in [1.165, 1.54) is 0 Å². The summed E-state index contributed by atoms with van der Waals surface area (Å²) in [6.45, 7) is 1.03. The van der Waals surface area contributed by atoms with Crippen LogP contribution in [0.4, 0.5) is 17.6 Å². The normalized spacial score (nSPS) is 43.9. The molecule has 11 heavy (non-hydrogen) atoms. The average molecular weight is 170 g/mol. The third kappa shape index (κ3) is 1.84. The smallest absolute Gasteiger partial charge is 0.244 e. The second-order valence-corrected chi connectivity index (χ2v) is 3.31. The lowest BCUT2D eigenvalue weighted by molar-refractivity contribution is -0.110. The minimum absolute atomic E-state index is 0.388. The van der Waals surface area contributed by atoms with Gasteiger partial charge >= 0.3 is 0 Å². The molecule has 0 spiro atoms. The molecule has 0 heterocycles. The maximum absolute atomic E-state index is 12.9. The number of halogens is 4. The fourth-order valence-corrected chi connectivity index (χ4v) is 1.16. The van der Waals surface area contributed by atoms with Crippen molar-refractivity contribution in [1.82, 2.24) is 0 Å². The lowest BCUT2D eigenvalue weighted by Gasteiger charge is -2.33. The zero-order valence-electron chi connectivity index (χ0n) is 6.21. The quantitative estimate of drug-likeness (QED) is 0.490. The molecule has 1 aliphatic carbocycles. The Morgan fingerprint density at radius 3 is 2.09 bits per heavy atom. The largest absolute Gasteiger partial charge is 0.251 e. The van der Waals surface area contributed by atoms with Gasteiger partial charge in [-0.2, -0.15) is 0 Å². The van der Waals surface area contributed by atoms with Crippen molar-refractivity contribution in [3.8, 4) is 0 Å². The van der Waals surface area contributed by atoms with Crippen LogP contribution >= 0.6 is 0 Å². The Morgan fingerprint density at radius 2 is 1.73 bits per heavy atom. The van der Waals surface area contributed by atoms with E-state index in [4.69, 9.17) is 0 Å². The van der Waals surface area contributed by atoms with Crippen LogP contribution in [0.25, 0.3) is 0 Å². The summed E-state index contributed by atoms with van der Waals surface area (Å²) in [5.41, 5.74) is -2.05. The second-order valence-electron chi connectivity index (χ2n) is 3.31. The zero-order valence-corrected chi connectivity index (χ0v) is 6.21. The van der Waals surface area contributed by atoms with Crippen LogP contribution in [0.5, 0.6) is 0 Å². The highest BCUT2D eigenvalue weighted by Crippen LogP contribution is 2.41. The van der Waals surface area contributed by atoms with Crippen molar-refractivity contribution < 1.29 is 17.6 Å². The predicted molar refractivity (Wildman–Crippen MR) is 33.2 cm³/mol. The van der Waals surface area contributed by atoms with Crippen LogP contribution in [0, 0.1) is 0 Å². The summed E-state index contributed by atoms with van der Waals surface area (Å²) < 4.78 is 50.3. The van der Waals surface area contributed by atoms with Crippen molar-refractivity contribution in [3.05, 3.63) is 0 Å². The van der Waals surface area contributed by atoms with Gasteiger partial charge in [-0.05, 0) is 13.3 Å². The molecule has 0 amide bonds. The summed E-state index contributed by atoms with van der Waals surface area (Å²) in [5.74, 6) is -3.01. The summed E-state index contributed by atoms with van der Waals surface area (Å²) in [6.07, 6.45) is -3.92. The molecule has 0 N–H and O–H groups in total. The van der Waals surface area contributed by atoms with Crippen molar-refractivity contribution in [1.29, 1.82) is 0 Å². The Bertz CT molecular complexity index is 153. The molecule has 0 aromatic carbocycles. The molecule has 2 unspecified atom stereocenters. The number of hydrogen-bond donors (Lipinski definition) is 0. The second kappa shape index (κ2) is 2.35. The standard InChI is InChI=1S/C7H10F4/c1-6(9)2-3-7(10,11)4-5(6)8/h5H,2-4H2,1H3. The van der Waals surface area contributed by atoms with Crippen LogP contribution in [0.2, 0.25) is 0 Å². The van der Waals surface area contributed by atoms with Gasteiger partial charge in [0.05, 0.1) is 0 Å². The Kier molecular flexibility index (Phi) is 1.89. The summed E-state index contributed by atoms with van der Waals surface area (Å²) in [6, 6.07) is 0. The highest BCUT2D eigenvalue weighted by Gasteiger charge is 2.48. The molecule has 0 saturated heterocycles. The first kappa shape index (κ1) is 8.81. The van der Waals surface area contributed by atoms with Gasteiger partial charge < -0.3 is 0 Å². The van der Waals surface area contributed by atoms with E-state index in [0.29, 0.717) is 0 Å². The van der Waals surface area contributed by atoms with Crippen molar-refractivity contribution in [3.63, 3.8) is 0 Å². The monoisotopic (exact) mass is 170 g/mol. The molecule has 1 saturated carbocycles. The molecule has 0 radical (unpaired) electrons. The SMILES string of the molecule is CC1(F)CCC(F)(F)CC1F. The summed E-state index contributed by atoms with van der Waals surface area (Å²) in [7, 11) is 0. The lowest BCUT2D eigenvalue weighted by atomic mass is 9.84. The topological polar surface area (TPSA) is 0 Å². The molecule has 1 rings (SSSR count). The molecule has 0 aromatic heterocycles. The van der Waals surface area contributed by atoms with E-state index in [2.05, 4.69) is 0 Å². The number of hydrogen-bond acceptors (Lipinski definition) is 0. The van der Waals surface area contributed by atoms with Gasteiger partial charge in [0.2, 0.25) is 0 Å². The van der Waals surface area contributed by atoms with Gasteiger partial charge in [0.1, 0.15) is 11.8 Å². The summed E-state index contributed by atoms with van der Waals surface area (Å²) in [5, 5.41) is 0. The molecule has 2 atom stereocenters. The van der Waals surface area contributed by atoms with Crippen LogP contribution in [0.1, 0.15) is 26.2 Å². The molecule has 1 fully saturated rings. The minimum Gasteiger partial charge on any atom is -0.244 e. The van der Waals surface area contributed by atoms with Crippen LogP contribution in [0.15, 0.2) is 0 Å². The molecule has 0 aromatic rings. The average Bonchev–Trinajstić information content (AvgIpc) is 1.81. The van der Waals surface area contributed by atoms with Gasteiger partial charge in [-0.25, -0.2) is 17.6 Å². The Labute approximate surface area is 62.6 Å². The highest BCUT2D eigenvalue weighted by molar-refractivity contribution is 4.93. The molecular weight excluding hydrogens is 160 g/mol. The number of alkyl halides is 4. The van der Waals surface area contributed by atoms with Gasteiger partial charge in [0, 0.05) is 12.8 Å². The third-order valence-electron chi connectivity index (χ3n) is 2.11. The maximum Gasteiger partial charge on any atom is 0.251 e. The van der Waals surface area contributed by atoms with Gasteiger partial charge in [-0.15, -0.1) is 0 Å². The molecule has 0 aliphatic heterocycles. The number of rotatable bonds is 0. The molecular formula is C7H10F4. The Balaban J connectivity index is 2.63.